The molecule has 1 heterocycles. The molecule has 0 fully saturated rings. The van der Waals surface area contributed by atoms with Gasteiger partial charge in [-0.15, -0.1) is 0 Å². The number of benzene rings is 2. The topological polar surface area (TPSA) is 87.2 Å². The van der Waals surface area contributed by atoms with E-state index in [1.54, 1.807) is 7.05 Å². The molecule has 0 spiro atoms. The molecular formula is C23H23N5O2. The Morgan fingerprint density at radius 2 is 1.60 bits per heavy atom. The van der Waals surface area contributed by atoms with E-state index in [-0.39, 0.29) is 29.5 Å². The first-order chi connectivity index (χ1) is 14.6. The molecule has 1 aromatic heterocycles. The van der Waals surface area contributed by atoms with Gasteiger partial charge in [0.2, 0.25) is 0 Å². The van der Waals surface area contributed by atoms with Crippen LogP contribution in [0.2, 0.25) is 0 Å². The number of urea groups is 1. The van der Waals surface area contributed by atoms with Crippen molar-refractivity contribution in [3.63, 3.8) is 0 Å². The number of anilines is 1. The normalized spacial score (nSPS) is 12.8. The van der Waals surface area contributed by atoms with Crippen molar-refractivity contribution >= 4 is 17.8 Å². The lowest BCUT2D eigenvalue weighted by molar-refractivity contribution is 0.0934. The van der Waals surface area contributed by atoms with Crippen molar-refractivity contribution in [1.29, 1.82) is 0 Å². The highest BCUT2D eigenvalue weighted by atomic mass is 16.2. The van der Waals surface area contributed by atoms with Crippen molar-refractivity contribution in [2.24, 2.45) is 0 Å². The number of aromatic nitrogens is 2. The van der Waals surface area contributed by atoms with Gasteiger partial charge in [-0.3, -0.25) is 10.1 Å². The quantitative estimate of drug-likeness (QED) is 0.688. The monoisotopic (exact) mass is 401 g/mol. The van der Waals surface area contributed by atoms with Gasteiger partial charge >= 0.3 is 6.03 Å². The van der Waals surface area contributed by atoms with Gasteiger partial charge in [0.25, 0.3) is 5.91 Å². The van der Waals surface area contributed by atoms with Crippen LogP contribution in [-0.4, -0.2) is 39.9 Å². The minimum absolute atomic E-state index is 0.00112. The smallest absolute Gasteiger partial charge is 0.323 e. The molecule has 1 aliphatic carbocycles. The number of nitrogens with one attached hydrogen (secondary N) is 2. The minimum Gasteiger partial charge on any atom is -0.347 e. The summed E-state index contributed by atoms with van der Waals surface area (Å²) in [6.45, 7) is 0.439. The van der Waals surface area contributed by atoms with E-state index in [2.05, 4.69) is 32.7 Å². The van der Waals surface area contributed by atoms with Crippen LogP contribution in [0.4, 0.5) is 10.6 Å². The number of amides is 3. The average Bonchev–Trinajstić information content (AvgIpc) is 3.17. The molecule has 0 bridgehead atoms. The van der Waals surface area contributed by atoms with Gasteiger partial charge in [-0.05, 0) is 29.5 Å². The lowest BCUT2D eigenvalue weighted by Crippen LogP contribution is -2.37. The number of fused-ring (bicyclic) bond motifs is 1. The average molecular weight is 401 g/mol. The Kier molecular flexibility index (Phi) is 5.70. The van der Waals surface area contributed by atoms with Crippen molar-refractivity contribution in [2.45, 2.75) is 25.4 Å². The van der Waals surface area contributed by atoms with E-state index in [1.165, 1.54) is 28.4 Å². The molecule has 0 unspecified atom stereocenters. The molecule has 3 amide bonds. The fourth-order valence-corrected chi connectivity index (χ4v) is 3.64. The van der Waals surface area contributed by atoms with Crippen LogP contribution >= 0.6 is 0 Å². The summed E-state index contributed by atoms with van der Waals surface area (Å²) >= 11 is 0. The van der Waals surface area contributed by atoms with Crippen LogP contribution in [0.15, 0.2) is 67.0 Å². The Balaban J connectivity index is 1.41. The summed E-state index contributed by atoms with van der Waals surface area (Å²) in [5.74, 6) is -0.197. The first-order valence-electron chi connectivity index (χ1n) is 9.85. The fraction of sp³-hybridized carbons (Fsp3) is 0.217. The summed E-state index contributed by atoms with van der Waals surface area (Å²) < 4.78 is 0. The Hall–Kier alpha value is -3.74. The Morgan fingerprint density at radius 3 is 2.30 bits per heavy atom. The zero-order valence-electron chi connectivity index (χ0n) is 16.7. The minimum atomic E-state index is -0.360. The zero-order valence-corrected chi connectivity index (χ0v) is 16.7. The second-order valence-electron chi connectivity index (χ2n) is 7.37. The number of carbonyl (C=O) groups is 2. The van der Waals surface area contributed by atoms with Crippen LogP contribution in [0.3, 0.4) is 0 Å². The van der Waals surface area contributed by atoms with Gasteiger partial charge in [-0.25, -0.2) is 14.8 Å². The molecule has 7 nitrogen and oxygen atoms in total. The maximum Gasteiger partial charge on any atom is 0.323 e. The first-order valence-corrected chi connectivity index (χ1v) is 9.85. The summed E-state index contributed by atoms with van der Waals surface area (Å²) in [6, 6.07) is 17.5. The van der Waals surface area contributed by atoms with Crippen LogP contribution in [0.1, 0.15) is 27.2 Å². The Bertz CT molecular complexity index is 1030. The van der Waals surface area contributed by atoms with Gasteiger partial charge in [0.05, 0.1) is 0 Å². The molecule has 2 N–H and O–H groups in total. The molecule has 0 saturated heterocycles. The van der Waals surface area contributed by atoms with Crippen molar-refractivity contribution in [2.75, 3.05) is 12.4 Å². The Labute approximate surface area is 175 Å². The van der Waals surface area contributed by atoms with Crippen LogP contribution in [0.5, 0.6) is 0 Å². The third-order valence-corrected chi connectivity index (χ3v) is 5.13. The summed E-state index contributed by atoms with van der Waals surface area (Å²) in [5, 5.41) is 5.72. The summed E-state index contributed by atoms with van der Waals surface area (Å²) in [4.78, 5) is 35.3. The molecule has 30 heavy (non-hydrogen) atoms. The Morgan fingerprint density at radius 1 is 0.967 bits per heavy atom. The number of carbonyl (C=O) groups excluding carboxylic acids is 2. The standard InChI is InChI=1S/C23H23N5O2/c1-28(15-16-7-3-2-4-8-16)23(30)27-21-20(24-11-12-25-21)22(29)26-19-13-17-9-5-6-10-18(17)14-19/h2-12,19H,13-15H2,1H3,(H,26,29)(H,25,27,30). The van der Waals surface area contributed by atoms with Crippen molar-refractivity contribution in [3.8, 4) is 0 Å². The number of rotatable bonds is 5. The largest absolute Gasteiger partial charge is 0.347 e. The number of hydrogen-bond acceptors (Lipinski definition) is 4. The van der Waals surface area contributed by atoms with E-state index >= 15 is 0 Å². The van der Waals surface area contributed by atoms with Crippen LogP contribution < -0.4 is 10.6 Å². The molecule has 4 rings (SSSR count). The molecule has 7 heteroatoms. The van der Waals surface area contributed by atoms with Gasteiger partial charge < -0.3 is 10.2 Å². The highest BCUT2D eigenvalue weighted by Crippen LogP contribution is 2.22. The molecule has 0 atom stereocenters. The highest BCUT2D eigenvalue weighted by molar-refractivity contribution is 6.00. The van der Waals surface area contributed by atoms with Gasteiger partial charge in [0, 0.05) is 32.0 Å². The first kappa shape index (κ1) is 19.6. The molecule has 152 valence electrons. The molecule has 1 aliphatic rings. The molecule has 0 aliphatic heterocycles. The molecule has 0 saturated carbocycles. The second kappa shape index (κ2) is 8.73. The van der Waals surface area contributed by atoms with E-state index in [9.17, 15) is 9.59 Å². The van der Waals surface area contributed by atoms with Crippen LogP contribution in [0.25, 0.3) is 0 Å². The maximum atomic E-state index is 12.8. The van der Waals surface area contributed by atoms with Crippen molar-refractivity contribution < 1.29 is 9.59 Å². The summed E-state index contributed by atoms with van der Waals surface area (Å²) in [5.41, 5.74) is 3.61. The highest BCUT2D eigenvalue weighted by Gasteiger charge is 2.25. The predicted molar refractivity (Wildman–Crippen MR) is 114 cm³/mol. The van der Waals surface area contributed by atoms with E-state index in [0.29, 0.717) is 6.54 Å². The summed E-state index contributed by atoms with van der Waals surface area (Å²) in [7, 11) is 1.69. The maximum absolute atomic E-state index is 12.8. The molecule has 3 aromatic rings. The fourth-order valence-electron chi connectivity index (χ4n) is 3.64. The van der Waals surface area contributed by atoms with Gasteiger partial charge in [0.15, 0.2) is 11.5 Å². The third kappa shape index (κ3) is 4.46. The van der Waals surface area contributed by atoms with E-state index in [4.69, 9.17) is 0 Å². The van der Waals surface area contributed by atoms with Crippen LogP contribution in [0, 0.1) is 0 Å². The number of nitrogens with zero attached hydrogens (tertiary/aromatic N) is 3. The van der Waals surface area contributed by atoms with E-state index in [1.807, 2.05) is 42.5 Å². The molecule has 2 aromatic carbocycles. The van der Waals surface area contributed by atoms with E-state index in [0.717, 1.165) is 18.4 Å². The van der Waals surface area contributed by atoms with Gasteiger partial charge in [-0.2, -0.15) is 0 Å². The van der Waals surface area contributed by atoms with Crippen molar-refractivity contribution in [3.05, 3.63) is 89.4 Å². The molecule has 0 radical (unpaired) electrons. The van der Waals surface area contributed by atoms with E-state index < -0.39 is 0 Å². The SMILES string of the molecule is CN(Cc1ccccc1)C(=O)Nc1nccnc1C(=O)NC1Cc2ccccc2C1. The zero-order chi connectivity index (χ0) is 20.9. The predicted octanol–water partition coefficient (Wildman–Crippen LogP) is 3.04. The van der Waals surface area contributed by atoms with Crippen LogP contribution in [-0.2, 0) is 19.4 Å². The lowest BCUT2D eigenvalue weighted by atomic mass is 10.1. The van der Waals surface area contributed by atoms with Gasteiger partial charge in [0.1, 0.15) is 0 Å². The van der Waals surface area contributed by atoms with Crippen molar-refractivity contribution in [1.82, 2.24) is 20.2 Å². The second-order valence-corrected chi connectivity index (χ2v) is 7.37. The molecular weight excluding hydrogens is 378 g/mol. The number of hydrogen-bond donors (Lipinski definition) is 2. The lowest BCUT2D eigenvalue weighted by Gasteiger charge is -2.19. The van der Waals surface area contributed by atoms with Gasteiger partial charge in [-0.1, -0.05) is 54.6 Å². The third-order valence-electron chi connectivity index (χ3n) is 5.13. The summed E-state index contributed by atoms with van der Waals surface area (Å²) in [6.07, 6.45) is 4.46.